The van der Waals surface area contributed by atoms with Crippen LogP contribution in [0.25, 0.3) is 10.8 Å². The molecule has 0 aliphatic carbocycles. The zero-order valence-corrected chi connectivity index (χ0v) is 9.34. The Balaban J connectivity index is 2.60. The van der Waals surface area contributed by atoms with Crippen LogP contribution in [0.1, 0.15) is 10.4 Å². The second-order valence-electron chi connectivity index (χ2n) is 3.52. The average Bonchev–Trinajstić information content (AvgIpc) is 2.35. The van der Waals surface area contributed by atoms with Crippen molar-refractivity contribution >= 4 is 16.7 Å². The van der Waals surface area contributed by atoms with Gasteiger partial charge in [0.15, 0.2) is 6.79 Å². The van der Waals surface area contributed by atoms with Crippen molar-refractivity contribution in [1.82, 2.24) is 0 Å². The molecule has 0 aromatic heterocycles. The van der Waals surface area contributed by atoms with Crippen LogP contribution in [-0.2, 0) is 4.74 Å². The van der Waals surface area contributed by atoms with E-state index in [0.29, 0.717) is 11.1 Å². The number of carboxylic acid groups (broad SMARTS) is 1. The Morgan fingerprint density at radius 1 is 1.24 bits per heavy atom. The maximum absolute atomic E-state index is 11.3. The number of carbonyl (C=O) groups is 1. The largest absolute Gasteiger partial charge is 0.478 e. The summed E-state index contributed by atoms with van der Waals surface area (Å²) in [5.41, 5.74) is 0.167. The lowest BCUT2D eigenvalue weighted by Gasteiger charge is -2.10. The molecule has 0 radical (unpaired) electrons. The van der Waals surface area contributed by atoms with E-state index in [1.807, 2.05) is 18.2 Å². The van der Waals surface area contributed by atoms with Gasteiger partial charge < -0.3 is 14.6 Å². The highest BCUT2D eigenvalue weighted by Crippen LogP contribution is 2.28. The van der Waals surface area contributed by atoms with Crippen molar-refractivity contribution in [2.45, 2.75) is 0 Å². The smallest absolute Gasteiger partial charge is 0.340 e. The molecule has 0 bridgehead atoms. The number of fused-ring (bicyclic) bond motifs is 1. The Morgan fingerprint density at radius 3 is 2.71 bits per heavy atom. The van der Waals surface area contributed by atoms with Crippen LogP contribution in [0.15, 0.2) is 36.4 Å². The van der Waals surface area contributed by atoms with Gasteiger partial charge in [0.05, 0.1) is 0 Å². The van der Waals surface area contributed by atoms with Crippen molar-refractivity contribution in [2.24, 2.45) is 0 Å². The van der Waals surface area contributed by atoms with Crippen molar-refractivity contribution in [2.75, 3.05) is 13.9 Å². The third-order valence-electron chi connectivity index (χ3n) is 2.44. The fraction of sp³-hybridized carbons (Fsp3) is 0.154. The molecule has 2 aromatic rings. The molecule has 0 aliphatic rings. The van der Waals surface area contributed by atoms with Gasteiger partial charge in [0.1, 0.15) is 11.3 Å². The Bertz CT molecular complexity index is 548. The van der Waals surface area contributed by atoms with Crippen LogP contribution < -0.4 is 4.74 Å². The lowest BCUT2D eigenvalue weighted by Crippen LogP contribution is -2.06. The Hall–Kier alpha value is -2.07. The predicted octanol–water partition coefficient (Wildman–Crippen LogP) is 2.52. The summed E-state index contributed by atoms with van der Waals surface area (Å²) in [5, 5.41) is 10.8. The Morgan fingerprint density at radius 2 is 2.00 bits per heavy atom. The minimum Gasteiger partial charge on any atom is -0.478 e. The van der Waals surface area contributed by atoms with Crippen LogP contribution in [0.2, 0.25) is 0 Å². The van der Waals surface area contributed by atoms with E-state index in [-0.39, 0.29) is 12.4 Å². The van der Waals surface area contributed by atoms with Crippen molar-refractivity contribution in [3.05, 3.63) is 42.0 Å². The maximum Gasteiger partial charge on any atom is 0.340 e. The van der Waals surface area contributed by atoms with Crippen molar-refractivity contribution in [3.8, 4) is 5.75 Å². The molecule has 2 aromatic carbocycles. The fourth-order valence-corrected chi connectivity index (χ4v) is 1.71. The summed E-state index contributed by atoms with van der Waals surface area (Å²) in [6, 6.07) is 10.8. The summed E-state index contributed by atoms with van der Waals surface area (Å²) < 4.78 is 10.0. The number of methoxy groups -OCH3 is 1. The molecule has 88 valence electrons. The van der Waals surface area contributed by atoms with Gasteiger partial charge in [-0.3, -0.25) is 0 Å². The first-order chi connectivity index (χ1) is 8.24. The highest BCUT2D eigenvalue weighted by atomic mass is 16.7. The Kier molecular flexibility index (Phi) is 3.25. The molecule has 0 heterocycles. The molecular formula is C13H12O4. The van der Waals surface area contributed by atoms with Gasteiger partial charge in [-0.05, 0) is 16.8 Å². The van der Waals surface area contributed by atoms with E-state index in [2.05, 4.69) is 0 Å². The molecule has 4 nitrogen and oxygen atoms in total. The van der Waals surface area contributed by atoms with Crippen LogP contribution in [0.4, 0.5) is 0 Å². The van der Waals surface area contributed by atoms with Crippen LogP contribution in [0, 0.1) is 0 Å². The van der Waals surface area contributed by atoms with Crippen LogP contribution in [0.5, 0.6) is 5.75 Å². The molecule has 1 N–H and O–H groups in total. The average molecular weight is 232 g/mol. The monoisotopic (exact) mass is 232 g/mol. The number of hydrogen-bond acceptors (Lipinski definition) is 3. The molecule has 2 rings (SSSR count). The number of carboxylic acids is 1. The number of benzene rings is 2. The SMILES string of the molecule is COCOc1ccc2ccccc2c1C(=O)O. The zero-order chi connectivity index (χ0) is 12.3. The number of aromatic carboxylic acids is 1. The van der Waals surface area contributed by atoms with E-state index in [1.165, 1.54) is 7.11 Å². The summed E-state index contributed by atoms with van der Waals surface area (Å²) in [7, 11) is 1.49. The van der Waals surface area contributed by atoms with Gasteiger partial charge in [-0.2, -0.15) is 0 Å². The van der Waals surface area contributed by atoms with Crippen LogP contribution in [0.3, 0.4) is 0 Å². The summed E-state index contributed by atoms with van der Waals surface area (Å²) in [5.74, 6) is -0.689. The molecule has 4 heteroatoms. The van der Waals surface area contributed by atoms with Gasteiger partial charge >= 0.3 is 5.97 Å². The van der Waals surface area contributed by atoms with Crippen molar-refractivity contribution in [3.63, 3.8) is 0 Å². The highest BCUT2D eigenvalue weighted by Gasteiger charge is 2.15. The minimum atomic E-state index is -1.01. The third kappa shape index (κ3) is 2.21. The first-order valence-electron chi connectivity index (χ1n) is 5.11. The molecular weight excluding hydrogens is 220 g/mol. The quantitative estimate of drug-likeness (QED) is 0.823. The Labute approximate surface area is 98.4 Å². The summed E-state index contributed by atoms with van der Waals surface area (Å²) in [6.45, 7) is 0.0264. The number of rotatable bonds is 4. The predicted molar refractivity (Wildman–Crippen MR) is 63.4 cm³/mol. The first kappa shape index (κ1) is 11.4. The molecule has 0 saturated heterocycles. The second-order valence-corrected chi connectivity index (χ2v) is 3.52. The molecule has 0 aliphatic heterocycles. The highest BCUT2D eigenvalue weighted by molar-refractivity contribution is 6.06. The number of hydrogen-bond donors (Lipinski definition) is 1. The third-order valence-corrected chi connectivity index (χ3v) is 2.44. The minimum absolute atomic E-state index is 0.0264. The van der Waals surface area contributed by atoms with E-state index in [1.54, 1.807) is 18.2 Å². The normalized spacial score (nSPS) is 10.4. The van der Waals surface area contributed by atoms with Gasteiger partial charge in [-0.1, -0.05) is 30.3 Å². The topological polar surface area (TPSA) is 55.8 Å². The van der Waals surface area contributed by atoms with E-state index in [4.69, 9.17) is 9.47 Å². The molecule has 0 atom stereocenters. The summed E-state index contributed by atoms with van der Waals surface area (Å²) >= 11 is 0. The van der Waals surface area contributed by atoms with E-state index in [9.17, 15) is 9.90 Å². The van der Waals surface area contributed by atoms with E-state index < -0.39 is 5.97 Å². The van der Waals surface area contributed by atoms with Crippen LogP contribution >= 0.6 is 0 Å². The second kappa shape index (κ2) is 4.84. The maximum atomic E-state index is 11.3. The van der Waals surface area contributed by atoms with Gasteiger partial charge in [0.2, 0.25) is 0 Å². The summed E-state index contributed by atoms with van der Waals surface area (Å²) in [6.07, 6.45) is 0. The molecule has 0 unspecified atom stereocenters. The molecule has 0 fully saturated rings. The van der Waals surface area contributed by atoms with Gasteiger partial charge in [0.25, 0.3) is 0 Å². The van der Waals surface area contributed by atoms with E-state index >= 15 is 0 Å². The van der Waals surface area contributed by atoms with Gasteiger partial charge in [0, 0.05) is 7.11 Å². The lowest BCUT2D eigenvalue weighted by atomic mass is 10.0. The standard InChI is InChI=1S/C13H12O4/c1-16-8-17-11-7-6-9-4-2-3-5-10(9)12(11)13(14)15/h2-7H,8H2,1H3,(H,14,15). The molecule has 0 amide bonds. The molecule has 0 saturated carbocycles. The van der Waals surface area contributed by atoms with E-state index in [0.717, 1.165) is 5.39 Å². The molecule has 17 heavy (non-hydrogen) atoms. The zero-order valence-electron chi connectivity index (χ0n) is 9.34. The lowest BCUT2D eigenvalue weighted by molar-refractivity contribution is 0.0486. The van der Waals surface area contributed by atoms with Crippen molar-refractivity contribution < 1.29 is 19.4 Å². The van der Waals surface area contributed by atoms with Gasteiger partial charge in [-0.25, -0.2) is 4.79 Å². The summed E-state index contributed by atoms with van der Waals surface area (Å²) in [4.78, 5) is 11.3. The molecule has 0 spiro atoms. The van der Waals surface area contributed by atoms with Crippen LogP contribution in [-0.4, -0.2) is 25.0 Å². The van der Waals surface area contributed by atoms with Crippen molar-refractivity contribution in [1.29, 1.82) is 0 Å². The fourth-order valence-electron chi connectivity index (χ4n) is 1.71. The number of ether oxygens (including phenoxy) is 2. The van der Waals surface area contributed by atoms with Gasteiger partial charge in [-0.15, -0.1) is 0 Å². The first-order valence-corrected chi connectivity index (χ1v) is 5.11.